The molecule has 7 nitrogen and oxygen atoms in total. The molecule has 3 aromatic carbocycles. The summed E-state index contributed by atoms with van der Waals surface area (Å²) in [6.07, 6.45) is 0. The Kier molecular flexibility index (Phi) is 4.44. The highest BCUT2D eigenvalue weighted by atomic mass is 32.1. The molecule has 33 heavy (non-hydrogen) atoms. The molecule has 2 amide bonds. The Morgan fingerprint density at radius 3 is 1.97 bits per heavy atom. The largest absolute Gasteiger partial charge is 0.451 e. The number of hydrogen-bond acceptors (Lipinski definition) is 6. The standard InChI is InChI=1S/C25H15N3O4S/c29-23(20-11-14-5-1-3-7-18(14)31-20)26-16-9-10-17-22(13-16)33-25(27-17)28-24(30)21-12-15-6-2-4-8-19(15)32-21/h1-13H,(H,26,29)(H,27,28,30). The average molecular weight is 453 g/mol. The zero-order chi connectivity index (χ0) is 22.4. The molecule has 0 fully saturated rings. The number of carbonyl (C=O) groups excluding carboxylic acids is 2. The van der Waals surface area contributed by atoms with Crippen LogP contribution in [0.2, 0.25) is 0 Å². The first-order chi connectivity index (χ1) is 16.1. The van der Waals surface area contributed by atoms with Gasteiger partial charge >= 0.3 is 0 Å². The van der Waals surface area contributed by atoms with Gasteiger partial charge in [0.15, 0.2) is 16.7 Å². The SMILES string of the molecule is O=C(Nc1ccc2nc(NC(=O)c3cc4ccccc4o3)sc2c1)c1cc2ccccc2o1. The van der Waals surface area contributed by atoms with E-state index in [1.807, 2.05) is 54.6 Å². The maximum absolute atomic E-state index is 12.6. The number of carbonyl (C=O) groups is 2. The second-order valence-electron chi connectivity index (χ2n) is 7.41. The van der Waals surface area contributed by atoms with Crippen molar-refractivity contribution in [2.24, 2.45) is 0 Å². The van der Waals surface area contributed by atoms with Crippen LogP contribution in [0.4, 0.5) is 10.8 Å². The summed E-state index contributed by atoms with van der Waals surface area (Å²) in [7, 11) is 0. The van der Waals surface area contributed by atoms with Crippen LogP contribution in [0, 0.1) is 0 Å². The zero-order valence-electron chi connectivity index (χ0n) is 17.0. The quantitative estimate of drug-likeness (QED) is 0.327. The molecule has 160 valence electrons. The van der Waals surface area contributed by atoms with Gasteiger partial charge in [0, 0.05) is 16.5 Å². The van der Waals surface area contributed by atoms with Crippen LogP contribution in [0.25, 0.3) is 32.2 Å². The first-order valence-electron chi connectivity index (χ1n) is 10.1. The van der Waals surface area contributed by atoms with E-state index in [1.54, 1.807) is 24.3 Å². The van der Waals surface area contributed by atoms with Gasteiger partial charge in [0.1, 0.15) is 11.2 Å². The summed E-state index contributed by atoms with van der Waals surface area (Å²) >= 11 is 1.31. The van der Waals surface area contributed by atoms with E-state index in [0.717, 1.165) is 15.5 Å². The number of para-hydroxylation sites is 2. The van der Waals surface area contributed by atoms with Crippen LogP contribution in [-0.2, 0) is 0 Å². The van der Waals surface area contributed by atoms with Gasteiger partial charge in [-0.05, 0) is 42.5 Å². The Morgan fingerprint density at radius 1 is 0.727 bits per heavy atom. The number of anilines is 2. The first kappa shape index (κ1) is 19.3. The van der Waals surface area contributed by atoms with E-state index in [9.17, 15) is 9.59 Å². The number of hydrogen-bond donors (Lipinski definition) is 2. The first-order valence-corrected chi connectivity index (χ1v) is 10.9. The molecule has 2 N–H and O–H groups in total. The van der Waals surface area contributed by atoms with Crippen molar-refractivity contribution >= 4 is 66.1 Å². The fraction of sp³-hybridized carbons (Fsp3) is 0. The minimum atomic E-state index is -0.372. The van der Waals surface area contributed by atoms with E-state index >= 15 is 0 Å². The molecule has 0 saturated carbocycles. The van der Waals surface area contributed by atoms with E-state index in [0.29, 0.717) is 27.5 Å². The van der Waals surface area contributed by atoms with Gasteiger partial charge in [0.25, 0.3) is 11.8 Å². The van der Waals surface area contributed by atoms with Crippen LogP contribution in [0.3, 0.4) is 0 Å². The Bertz CT molecular complexity index is 1530. The average Bonchev–Trinajstić information content (AvgIpc) is 3.54. The molecule has 0 spiro atoms. The van der Waals surface area contributed by atoms with E-state index in [1.165, 1.54) is 11.3 Å². The Morgan fingerprint density at radius 2 is 1.33 bits per heavy atom. The number of fused-ring (bicyclic) bond motifs is 3. The maximum Gasteiger partial charge on any atom is 0.293 e. The number of amides is 2. The van der Waals surface area contributed by atoms with E-state index in [2.05, 4.69) is 15.6 Å². The predicted molar refractivity (Wildman–Crippen MR) is 128 cm³/mol. The van der Waals surface area contributed by atoms with Gasteiger partial charge in [0.2, 0.25) is 0 Å². The number of nitrogens with zero attached hydrogens (tertiary/aromatic N) is 1. The summed E-state index contributed by atoms with van der Waals surface area (Å²) in [5.41, 5.74) is 2.62. The van der Waals surface area contributed by atoms with Gasteiger partial charge in [-0.3, -0.25) is 14.9 Å². The van der Waals surface area contributed by atoms with Crippen molar-refractivity contribution in [1.29, 1.82) is 0 Å². The van der Waals surface area contributed by atoms with Crippen LogP contribution in [0.15, 0.2) is 87.7 Å². The summed E-state index contributed by atoms with van der Waals surface area (Å²) in [4.78, 5) is 29.7. The lowest BCUT2D eigenvalue weighted by molar-refractivity contribution is 0.0991. The minimum Gasteiger partial charge on any atom is -0.451 e. The molecule has 0 radical (unpaired) electrons. The summed E-state index contributed by atoms with van der Waals surface area (Å²) in [6, 6.07) is 23.7. The molecule has 8 heteroatoms. The van der Waals surface area contributed by atoms with Crippen LogP contribution < -0.4 is 10.6 Å². The van der Waals surface area contributed by atoms with Crippen molar-refractivity contribution in [3.63, 3.8) is 0 Å². The molecule has 3 aromatic heterocycles. The number of benzene rings is 3. The minimum absolute atomic E-state index is 0.217. The topological polar surface area (TPSA) is 97.4 Å². The summed E-state index contributed by atoms with van der Waals surface area (Å²) in [5, 5.41) is 7.79. The Labute approximate surface area is 190 Å². The van der Waals surface area contributed by atoms with Crippen molar-refractivity contribution in [2.45, 2.75) is 0 Å². The molecule has 3 heterocycles. The highest BCUT2D eigenvalue weighted by molar-refractivity contribution is 7.22. The highest BCUT2D eigenvalue weighted by Crippen LogP contribution is 2.30. The van der Waals surface area contributed by atoms with E-state index in [4.69, 9.17) is 8.83 Å². The number of aromatic nitrogens is 1. The van der Waals surface area contributed by atoms with Gasteiger partial charge in [0.05, 0.1) is 10.2 Å². The fourth-order valence-electron chi connectivity index (χ4n) is 3.59. The van der Waals surface area contributed by atoms with Gasteiger partial charge in [-0.2, -0.15) is 0 Å². The number of furan rings is 2. The summed E-state index contributed by atoms with van der Waals surface area (Å²) in [6.45, 7) is 0. The molecule has 0 aliphatic rings. The smallest absolute Gasteiger partial charge is 0.293 e. The van der Waals surface area contributed by atoms with E-state index in [-0.39, 0.29) is 23.3 Å². The van der Waals surface area contributed by atoms with Crippen LogP contribution in [0.5, 0.6) is 0 Å². The van der Waals surface area contributed by atoms with E-state index < -0.39 is 0 Å². The lowest BCUT2D eigenvalue weighted by atomic mass is 10.2. The molecule has 0 saturated heterocycles. The molecule has 0 aliphatic heterocycles. The highest BCUT2D eigenvalue weighted by Gasteiger charge is 2.16. The molecule has 0 aliphatic carbocycles. The summed E-state index contributed by atoms with van der Waals surface area (Å²) in [5.74, 6) is -0.259. The van der Waals surface area contributed by atoms with Gasteiger partial charge in [-0.25, -0.2) is 4.98 Å². The third-order valence-corrected chi connectivity index (χ3v) is 6.10. The number of thiazole rings is 1. The van der Waals surface area contributed by atoms with Gasteiger partial charge in [-0.15, -0.1) is 0 Å². The lowest BCUT2D eigenvalue weighted by Crippen LogP contribution is -2.10. The van der Waals surface area contributed by atoms with Crippen LogP contribution in [0.1, 0.15) is 21.1 Å². The van der Waals surface area contributed by atoms with Crippen molar-refractivity contribution in [3.8, 4) is 0 Å². The van der Waals surface area contributed by atoms with Crippen LogP contribution >= 0.6 is 11.3 Å². The Hall–Kier alpha value is -4.43. The van der Waals surface area contributed by atoms with Gasteiger partial charge in [-0.1, -0.05) is 47.7 Å². The van der Waals surface area contributed by atoms with Crippen molar-refractivity contribution in [1.82, 2.24) is 4.98 Å². The molecule has 6 aromatic rings. The third-order valence-electron chi connectivity index (χ3n) is 5.17. The van der Waals surface area contributed by atoms with Crippen molar-refractivity contribution in [3.05, 3.63) is 90.4 Å². The zero-order valence-corrected chi connectivity index (χ0v) is 17.8. The monoisotopic (exact) mass is 453 g/mol. The normalized spacial score (nSPS) is 11.3. The maximum atomic E-state index is 12.6. The molecule has 0 unspecified atom stereocenters. The lowest BCUT2D eigenvalue weighted by Gasteiger charge is -2.02. The third kappa shape index (κ3) is 3.62. The number of rotatable bonds is 4. The Balaban J connectivity index is 1.21. The molecule has 0 atom stereocenters. The fourth-order valence-corrected chi connectivity index (χ4v) is 4.49. The second-order valence-corrected chi connectivity index (χ2v) is 8.44. The molecule has 6 rings (SSSR count). The van der Waals surface area contributed by atoms with Crippen molar-refractivity contribution < 1.29 is 18.4 Å². The number of nitrogens with one attached hydrogen (secondary N) is 2. The summed E-state index contributed by atoms with van der Waals surface area (Å²) < 4.78 is 12.1. The molecular formula is C25H15N3O4S. The van der Waals surface area contributed by atoms with Crippen LogP contribution in [-0.4, -0.2) is 16.8 Å². The van der Waals surface area contributed by atoms with Crippen molar-refractivity contribution in [2.75, 3.05) is 10.6 Å². The molecule has 0 bridgehead atoms. The predicted octanol–water partition coefficient (Wildman–Crippen LogP) is 6.29. The molecular weight excluding hydrogens is 438 g/mol. The van der Waals surface area contributed by atoms with Gasteiger partial charge < -0.3 is 14.2 Å². The second kappa shape index (κ2) is 7.61.